The van der Waals surface area contributed by atoms with Crippen LogP contribution < -0.4 is 0 Å². The highest BCUT2D eigenvalue weighted by atomic mass is 16.3. The maximum absolute atomic E-state index is 12.6. The molecule has 1 aliphatic rings. The summed E-state index contributed by atoms with van der Waals surface area (Å²) >= 11 is 0. The zero-order valence-electron chi connectivity index (χ0n) is 12.0. The van der Waals surface area contributed by atoms with Crippen molar-refractivity contribution < 1.29 is 9.90 Å². The molecule has 1 aromatic rings. The summed E-state index contributed by atoms with van der Waals surface area (Å²) in [7, 11) is 0. The standard InChI is InChI=1S/C16H23NO2/c1-4-16(2,3)15(19)17-11-13(18)10-14(17)12-8-6-5-7-9-12/h5-9,13-14,18H,4,10-11H2,1-3H3/t13-,14+/m1/s1. The van der Waals surface area contributed by atoms with Crippen LogP contribution in [0.15, 0.2) is 30.3 Å². The van der Waals surface area contributed by atoms with Crippen molar-refractivity contribution in [2.24, 2.45) is 5.41 Å². The predicted molar refractivity (Wildman–Crippen MR) is 75.6 cm³/mol. The second-order valence-corrected chi connectivity index (χ2v) is 6.01. The second-order valence-electron chi connectivity index (χ2n) is 6.01. The molecular weight excluding hydrogens is 238 g/mol. The van der Waals surface area contributed by atoms with E-state index in [1.807, 2.05) is 56.0 Å². The van der Waals surface area contributed by atoms with Crippen molar-refractivity contribution >= 4 is 5.91 Å². The normalized spacial score (nSPS) is 23.7. The Bertz CT molecular complexity index is 441. The van der Waals surface area contributed by atoms with Crippen molar-refractivity contribution in [2.45, 2.75) is 45.8 Å². The van der Waals surface area contributed by atoms with Crippen molar-refractivity contribution in [1.82, 2.24) is 4.90 Å². The van der Waals surface area contributed by atoms with Crippen LogP contribution in [0.3, 0.4) is 0 Å². The largest absolute Gasteiger partial charge is 0.391 e. The molecule has 2 rings (SSSR count). The lowest BCUT2D eigenvalue weighted by atomic mass is 9.88. The molecule has 3 heteroatoms. The summed E-state index contributed by atoms with van der Waals surface area (Å²) in [6.07, 6.45) is 1.02. The first-order valence-electron chi connectivity index (χ1n) is 7.00. The van der Waals surface area contributed by atoms with Crippen molar-refractivity contribution in [3.8, 4) is 0 Å². The zero-order valence-corrected chi connectivity index (χ0v) is 12.0. The molecule has 1 N–H and O–H groups in total. The monoisotopic (exact) mass is 261 g/mol. The predicted octanol–water partition coefficient (Wildman–Crippen LogP) is 2.76. The fourth-order valence-electron chi connectivity index (χ4n) is 2.57. The number of amides is 1. The lowest BCUT2D eigenvalue weighted by Gasteiger charge is -2.32. The maximum Gasteiger partial charge on any atom is 0.228 e. The van der Waals surface area contributed by atoms with E-state index in [1.165, 1.54) is 0 Å². The topological polar surface area (TPSA) is 40.5 Å². The van der Waals surface area contributed by atoms with Gasteiger partial charge in [0.05, 0.1) is 12.1 Å². The maximum atomic E-state index is 12.6. The van der Waals surface area contributed by atoms with Gasteiger partial charge in [0.15, 0.2) is 0 Å². The highest BCUT2D eigenvalue weighted by Crippen LogP contribution is 2.36. The SMILES string of the molecule is CCC(C)(C)C(=O)N1C[C@H](O)C[C@H]1c1ccccc1. The first-order chi connectivity index (χ1) is 8.95. The summed E-state index contributed by atoms with van der Waals surface area (Å²) in [5.41, 5.74) is 0.746. The minimum absolute atomic E-state index is 0.00882. The Morgan fingerprint density at radius 1 is 1.37 bits per heavy atom. The van der Waals surface area contributed by atoms with Crippen molar-refractivity contribution in [2.75, 3.05) is 6.54 Å². The van der Waals surface area contributed by atoms with Crippen molar-refractivity contribution in [3.63, 3.8) is 0 Å². The van der Waals surface area contributed by atoms with Gasteiger partial charge in [-0.1, -0.05) is 51.1 Å². The van der Waals surface area contributed by atoms with E-state index < -0.39 is 6.10 Å². The van der Waals surface area contributed by atoms with Gasteiger partial charge in [-0.3, -0.25) is 4.79 Å². The molecule has 104 valence electrons. The molecule has 1 fully saturated rings. The molecule has 19 heavy (non-hydrogen) atoms. The van der Waals surface area contributed by atoms with Gasteiger partial charge in [0.2, 0.25) is 5.91 Å². The van der Waals surface area contributed by atoms with Gasteiger partial charge in [-0.25, -0.2) is 0 Å². The van der Waals surface area contributed by atoms with E-state index in [0.717, 1.165) is 12.0 Å². The molecule has 2 atom stereocenters. The van der Waals surface area contributed by atoms with E-state index >= 15 is 0 Å². The molecule has 0 aromatic heterocycles. The zero-order chi connectivity index (χ0) is 14.0. The molecule has 1 aromatic carbocycles. The Hall–Kier alpha value is -1.35. The molecule has 1 saturated heterocycles. The quantitative estimate of drug-likeness (QED) is 0.909. The highest BCUT2D eigenvalue weighted by molar-refractivity contribution is 5.82. The molecule has 1 amide bonds. The molecule has 0 spiro atoms. The Morgan fingerprint density at radius 3 is 2.58 bits per heavy atom. The first-order valence-corrected chi connectivity index (χ1v) is 7.00. The van der Waals surface area contributed by atoms with Crippen LogP contribution in [0, 0.1) is 5.41 Å². The number of rotatable bonds is 3. The number of β-amino-alcohol motifs (C(OH)–C–C–N with tert-alkyl or cyclic N) is 1. The third-order valence-corrected chi connectivity index (χ3v) is 4.19. The number of aliphatic hydroxyl groups excluding tert-OH is 1. The molecule has 1 heterocycles. The summed E-state index contributed by atoms with van der Waals surface area (Å²) in [5.74, 6) is 0.139. The summed E-state index contributed by atoms with van der Waals surface area (Å²) in [5, 5.41) is 9.92. The molecule has 1 aliphatic heterocycles. The van der Waals surface area contributed by atoms with Gasteiger partial charge >= 0.3 is 0 Å². The molecule has 0 aliphatic carbocycles. The number of hydrogen-bond acceptors (Lipinski definition) is 2. The van der Waals surface area contributed by atoms with E-state index in [1.54, 1.807) is 0 Å². The summed E-state index contributed by atoms with van der Waals surface area (Å²) in [4.78, 5) is 14.5. The van der Waals surface area contributed by atoms with E-state index in [4.69, 9.17) is 0 Å². The number of nitrogens with zero attached hydrogens (tertiary/aromatic N) is 1. The number of carbonyl (C=O) groups is 1. The molecule has 3 nitrogen and oxygen atoms in total. The van der Waals surface area contributed by atoms with Crippen LogP contribution in [-0.4, -0.2) is 28.6 Å². The minimum Gasteiger partial charge on any atom is -0.391 e. The fraction of sp³-hybridized carbons (Fsp3) is 0.562. The van der Waals surface area contributed by atoms with Gasteiger partial charge in [0.25, 0.3) is 0 Å². The van der Waals surface area contributed by atoms with Gasteiger partial charge in [-0.2, -0.15) is 0 Å². The van der Waals surface area contributed by atoms with Crippen LogP contribution in [0.1, 0.15) is 45.2 Å². The minimum atomic E-state index is -0.415. The van der Waals surface area contributed by atoms with Crippen LogP contribution in [0.5, 0.6) is 0 Å². The number of hydrogen-bond donors (Lipinski definition) is 1. The van der Waals surface area contributed by atoms with Gasteiger partial charge in [-0.05, 0) is 18.4 Å². The number of likely N-dealkylation sites (tertiary alicyclic amines) is 1. The Morgan fingerprint density at radius 2 is 2.00 bits per heavy atom. The van der Waals surface area contributed by atoms with Gasteiger partial charge in [-0.15, -0.1) is 0 Å². The summed E-state index contributed by atoms with van der Waals surface area (Å²) in [6, 6.07) is 10.00. The number of aliphatic hydroxyl groups is 1. The van der Waals surface area contributed by atoms with E-state index in [9.17, 15) is 9.90 Å². The van der Waals surface area contributed by atoms with Crippen LogP contribution in [-0.2, 0) is 4.79 Å². The van der Waals surface area contributed by atoms with E-state index in [2.05, 4.69) is 0 Å². The lowest BCUT2D eigenvalue weighted by Crippen LogP contribution is -2.40. The van der Waals surface area contributed by atoms with Gasteiger partial charge in [0, 0.05) is 12.0 Å². The first kappa shape index (κ1) is 14.1. The number of carbonyl (C=O) groups excluding carboxylic acids is 1. The van der Waals surface area contributed by atoms with Crippen LogP contribution >= 0.6 is 0 Å². The average molecular weight is 261 g/mol. The third-order valence-electron chi connectivity index (χ3n) is 4.19. The van der Waals surface area contributed by atoms with Crippen LogP contribution in [0.25, 0.3) is 0 Å². The van der Waals surface area contributed by atoms with E-state index in [0.29, 0.717) is 13.0 Å². The van der Waals surface area contributed by atoms with Gasteiger partial charge in [0.1, 0.15) is 0 Å². The average Bonchev–Trinajstić information content (AvgIpc) is 2.80. The smallest absolute Gasteiger partial charge is 0.228 e. The van der Waals surface area contributed by atoms with Crippen molar-refractivity contribution in [1.29, 1.82) is 0 Å². The second kappa shape index (κ2) is 5.33. The Kier molecular flexibility index (Phi) is 3.95. The van der Waals surface area contributed by atoms with Gasteiger partial charge < -0.3 is 10.0 Å². The highest BCUT2D eigenvalue weighted by Gasteiger charge is 2.40. The Balaban J connectivity index is 2.26. The van der Waals surface area contributed by atoms with Crippen LogP contribution in [0.4, 0.5) is 0 Å². The van der Waals surface area contributed by atoms with Crippen molar-refractivity contribution in [3.05, 3.63) is 35.9 Å². The molecule has 0 bridgehead atoms. The Labute approximate surface area is 115 Å². The lowest BCUT2D eigenvalue weighted by molar-refractivity contribution is -0.141. The van der Waals surface area contributed by atoms with Crippen LogP contribution in [0.2, 0.25) is 0 Å². The molecule has 0 unspecified atom stereocenters. The molecule has 0 radical (unpaired) electrons. The summed E-state index contributed by atoms with van der Waals surface area (Å²) in [6.45, 7) is 6.42. The third kappa shape index (κ3) is 2.81. The fourth-order valence-corrected chi connectivity index (χ4v) is 2.57. The molecule has 0 saturated carbocycles. The van der Waals surface area contributed by atoms with E-state index in [-0.39, 0.29) is 17.4 Å². The number of benzene rings is 1. The molecular formula is C16H23NO2. The summed E-state index contributed by atoms with van der Waals surface area (Å²) < 4.78 is 0.